The molecule has 0 aliphatic carbocycles. The van der Waals surface area contributed by atoms with Gasteiger partial charge >= 0.3 is 5.97 Å². The molecule has 1 aromatic carbocycles. The van der Waals surface area contributed by atoms with Crippen molar-refractivity contribution in [3.05, 3.63) is 72.9 Å². The van der Waals surface area contributed by atoms with Crippen LogP contribution in [-0.4, -0.2) is 42.6 Å². The smallest absolute Gasteiger partial charge is 0.360 e. The number of hydrogen-bond acceptors (Lipinski definition) is 10. The van der Waals surface area contributed by atoms with Crippen LogP contribution < -0.4 is 10.1 Å². The maximum absolute atomic E-state index is 11.7. The van der Waals surface area contributed by atoms with Gasteiger partial charge < -0.3 is 19.2 Å². The highest BCUT2D eigenvalue weighted by Gasteiger charge is 2.17. The Morgan fingerprint density at radius 2 is 2.06 bits per heavy atom. The van der Waals surface area contributed by atoms with Gasteiger partial charge in [0.1, 0.15) is 36.2 Å². The van der Waals surface area contributed by atoms with Crippen molar-refractivity contribution < 1.29 is 18.7 Å². The van der Waals surface area contributed by atoms with Crippen LogP contribution in [0.15, 0.2) is 66.1 Å². The minimum absolute atomic E-state index is 0.0592. The summed E-state index contributed by atoms with van der Waals surface area (Å²) in [5, 5.41) is 7.31. The first-order valence-corrected chi connectivity index (χ1v) is 9.80. The van der Waals surface area contributed by atoms with Gasteiger partial charge in [0, 0.05) is 24.1 Å². The number of pyridine rings is 1. The van der Waals surface area contributed by atoms with Crippen molar-refractivity contribution in [2.45, 2.75) is 6.92 Å². The molecular weight excluding hydrogens is 426 g/mol. The Labute approximate surface area is 187 Å². The van der Waals surface area contributed by atoms with E-state index in [1.807, 2.05) is 37.3 Å². The third-order valence-electron chi connectivity index (χ3n) is 4.76. The number of esters is 1. The molecule has 0 unspecified atom stereocenters. The molecule has 0 aliphatic rings. The topological polar surface area (TPSA) is 130 Å². The SMILES string of the molecule is COC(=O)c1coc(-c2cncnc2Nc2ccc(Oc3ccn4ncnc4c3)c(C)c2)n1. The van der Waals surface area contributed by atoms with Gasteiger partial charge in [-0.25, -0.2) is 29.2 Å². The average Bonchev–Trinajstić information content (AvgIpc) is 3.50. The minimum atomic E-state index is -0.592. The molecule has 0 spiro atoms. The summed E-state index contributed by atoms with van der Waals surface area (Å²) in [5.74, 6) is 1.42. The van der Waals surface area contributed by atoms with Crippen molar-refractivity contribution in [3.63, 3.8) is 0 Å². The average molecular weight is 443 g/mol. The van der Waals surface area contributed by atoms with Crippen LogP contribution in [0.25, 0.3) is 17.1 Å². The first kappa shape index (κ1) is 20.1. The highest BCUT2D eigenvalue weighted by Crippen LogP contribution is 2.31. The lowest BCUT2D eigenvalue weighted by Crippen LogP contribution is -2.02. The van der Waals surface area contributed by atoms with E-state index in [0.717, 1.165) is 11.3 Å². The normalized spacial score (nSPS) is 10.8. The zero-order valence-electron chi connectivity index (χ0n) is 17.6. The lowest BCUT2D eigenvalue weighted by molar-refractivity contribution is 0.0594. The monoisotopic (exact) mass is 443 g/mol. The van der Waals surface area contributed by atoms with Crippen LogP contribution in [0.1, 0.15) is 16.1 Å². The number of benzene rings is 1. The van der Waals surface area contributed by atoms with Crippen molar-refractivity contribution in [2.24, 2.45) is 0 Å². The molecule has 0 saturated heterocycles. The fraction of sp³-hybridized carbons (Fsp3) is 0.0909. The summed E-state index contributed by atoms with van der Waals surface area (Å²) in [7, 11) is 1.28. The number of rotatable bonds is 6. The Bertz CT molecular complexity index is 1460. The second kappa shape index (κ2) is 8.38. The number of aryl methyl sites for hydroxylation is 1. The summed E-state index contributed by atoms with van der Waals surface area (Å²) in [4.78, 5) is 28.3. The predicted molar refractivity (Wildman–Crippen MR) is 116 cm³/mol. The number of ether oxygens (including phenoxy) is 2. The summed E-state index contributed by atoms with van der Waals surface area (Å²) in [6.45, 7) is 1.94. The fourth-order valence-electron chi connectivity index (χ4n) is 3.15. The summed E-state index contributed by atoms with van der Waals surface area (Å²) in [5.41, 5.74) is 2.92. The molecule has 0 aliphatic heterocycles. The van der Waals surface area contributed by atoms with E-state index in [0.29, 0.717) is 28.5 Å². The van der Waals surface area contributed by atoms with Gasteiger partial charge in [0.05, 0.1) is 12.7 Å². The van der Waals surface area contributed by atoms with E-state index in [2.05, 4.69) is 35.1 Å². The van der Waals surface area contributed by atoms with Gasteiger partial charge in [0.15, 0.2) is 11.3 Å². The van der Waals surface area contributed by atoms with Crippen molar-refractivity contribution in [3.8, 4) is 23.0 Å². The largest absolute Gasteiger partial charge is 0.464 e. The molecule has 5 aromatic rings. The molecule has 0 radical (unpaired) electrons. The molecule has 4 aromatic heterocycles. The summed E-state index contributed by atoms with van der Waals surface area (Å²) in [6.07, 6.45) is 7.45. The summed E-state index contributed by atoms with van der Waals surface area (Å²) in [6, 6.07) is 9.27. The Morgan fingerprint density at radius 3 is 2.91 bits per heavy atom. The van der Waals surface area contributed by atoms with Crippen LogP contribution in [0, 0.1) is 6.92 Å². The Hall–Kier alpha value is -4.80. The van der Waals surface area contributed by atoms with Crippen LogP contribution in [-0.2, 0) is 4.74 Å². The zero-order chi connectivity index (χ0) is 22.8. The summed E-state index contributed by atoms with van der Waals surface area (Å²) < 4.78 is 17.8. The molecule has 4 heterocycles. The third-order valence-corrected chi connectivity index (χ3v) is 4.76. The van der Waals surface area contributed by atoms with Crippen LogP contribution in [0.4, 0.5) is 11.5 Å². The van der Waals surface area contributed by atoms with Gasteiger partial charge in [0.25, 0.3) is 0 Å². The molecule has 0 fully saturated rings. The number of oxazole rings is 1. The molecular formula is C22H17N7O4. The number of carbonyl (C=O) groups is 1. The molecule has 0 bridgehead atoms. The number of fused-ring (bicyclic) bond motifs is 1. The van der Waals surface area contributed by atoms with E-state index >= 15 is 0 Å². The highest BCUT2D eigenvalue weighted by atomic mass is 16.5. The van der Waals surface area contributed by atoms with E-state index in [-0.39, 0.29) is 11.6 Å². The lowest BCUT2D eigenvalue weighted by atomic mass is 10.2. The summed E-state index contributed by atoms with van der Waals surface area (Å²) >= 11 is 0. The minimum Gasteiger partial charge on any atom is -0.464 e. The van der Waals surface area contributed by atoms with Crippen molar-refractivity contribution >= 4 is 23.1 Å². The zero-order valence-corrected chi connectivity index (χ0v) is 17.6. The van der Waals surface area contributed by atoms with Gasteiger partial charge in [-0.15, -0.1) is 0 Å². The van der Waals surface area contributed by atoms with Crippen molar-refractivity contribution in [1.29, 1.82) is 0 Å². The second-order valence-corrected chi connectivity index (χ2v) is 6.95. The van der Waals surface area contributed by atoms with Crippen molar-refractivity contribution in [1.82, 2.24) is 29.5 Å². The van der Waals surface area contributed by atoms with Crippen LogP contribution in [0.5, 0.6) is 11.5 Å². The molecule has 11 heteroatoms. The van der Waals surface area contributed by atoms with Crippen LogP contribution >= 0.6 is 0 Å². The maximum atomic E-state index is 11.7. The van der Waals surface area contributed by atoms with Crippen LogP contribution in [0.3, 0.4) is 0 Å². The first-order chi connectivity index (χ1) is 16.1. The first-order valence-electron chi connectivity index (χ1n) is 9.80. The number of methoxy groups -OCH3 is 1. The maximum Gasteiger partial charge on any atom is 0.360 e. The number of hydrogen-bond donors (Lipinski definition) is 1. The van der Waals surface area contributed by atoms with Gasteiger partial charge in [-0.1, -0.05) is 0 Å². The fourth-order valence-corrected chi connectivity index (χ4v) is 3.15. The molecule has 11 nitrogen and oxygen atoms in total. The molecule has 0 amide bonds. The quantitative estimate of drug-likeness (QED) is 0.387. The number of aromatic nitrogens is 6. The second-order valence-electron chi connectivity index (χ2n) is 6.95. The van der Waals surface area contributed by atoms with Gasteiger partial charge in [-0.3, -0.25) is 0 Å². The van der Waals surface area contributed by atoms with E-state index < -0.39 is 5.97 Å². The standard InChI is InChI=1S/C22H17N7O4/c1-13-7-14(3-4-18(13)33-15-5-6-29-19(8-15)24-12-26-29)27-20-16(9-23-11-25-20)21-28-17(10-32-21)22(30)31-2/h3-12H,1-2H3,(H,23,25,27). The van der Waals surface area contributed by atoms with Crippen LogP contribution in [0.2, 0.25) is 0 Å². The molecule has 1 N–H and O–H groups in total. The van der Waals surface area contributed by atoms with E-state index in [4.69, 9.17) is 9.15 Å². The van der Waals surface area contributed by atoms with Gasteiger partial charge in [-0.05, 0) is 36.8 Å². The van der Waals surface area contributed by atoms with E-state index in [1.165, 1.54) is 26.0 Å². The molecule has 0 saturated carbocycles. The van der Waals surface area contributed by atoms with Gasteiger partial charge in [-0.2, -0.15) is 5.10 Å². The Morgan fingerprint density at radius 1 is 1.15 bits per heavy atom. The molecule has 5 rings (SSSR count). The molecule has 164 valence electrons. The van der Waals surface area contributed by atoms with E-state index in [1.54, 1.807) is 16.9 Å². The number of nitrogens with one attached hydrogen (secondary N) is 1. The molecule has 33 heavy (non-hydrogen) atoms. The lowest BCUT2D eigenvalue weighted by Gasteiger charge is -2.12. The number of carbonyl (C=O) groups excluding carboxylic acids is 1. The number of nitrogens with zero attached hydrogens (tertiary/aromatic N) is 6. The van der Waals surface area contributed by atoms with E-state index in [9.17, 15) is 4.79 Å². The Kier molecular flexibility index (Phi) is 5.11. The molecule has 0 atom stereocenters. The number of anilines is 2. The third kappa shape index (κ3) is 4.06. The van der Waals surface area contributed by atoms with Gasteiger partial charge in [0.2, 0.25) is 5.89 Å². The Balaban J connectivity index is 1.37. The highest BCUT2D eigenvalue weighted by molar-refractivity contribution is 5.87. The van der Waals surface area contributed by atoms with Crippen molar-refractivity contribution in [2.75, 3.05) is 12.4 Å². The predicted octanol–water partition coefficient (Wildman–Crippen LogP) is 3.81.